The van der Waals surface area contributed by atoms with Gasteiger partial charge in [-0.15, -0.1) is 0 Å². The van der Waals surface area contributed by atoms with Crippen LogP contribution in [0, 0.1) is 0 Å². The molecule has 0 aliphatic heterocycles. The number of thiazole rings is 1. The van der Waals surface area contributed by atoms with Crippen LogP contribution in [0.25, 0.3) is 11.3 Å². The van der Waals surface area contributed by atoms with Crippen LogP contribution in [-0.4, -0.2) is 24.2 Å². The first kappa shape index (κ1) is 12.9. The maximum atomic E-state index is 9.34. The number of anilines is 1. The third kappa shape index (κ3) is 2.47. The van der Waals surface area contributed by atoms with Crippen LogP contribution < -0.4 is 10.6 Å². The molecular weight excluding hydrogens is 246 g/mol. The molecule has 0 aliphatic rings. The summed E-state index contributed by atoms with van der Waals surface area (Å²) in [5, 5.41) is 16.5. The van der Waals surface area contributed by atoms with Crippen LogP contribution >= 0.6 is 11.3 Å². The van der Waals surface area contributed by atoms with Crippen LogP contribution in [0.5, 0.6) is 5.75 Å². The van der Waals surface area contributed by atoms with Gasteiger partial charge in [-0.1, -0.05) is 11.3 Å². The average Bonchev–Trinajstić information content (AvgIpc) is 2.83. The zero-order valence-corrected chi connectivity index (χ0v) is 11.5. The molecule has 5 heteroatoms. The fraction of sp³-hybridized carbons (Fsp3) is 0.308. The van der Waals surface area contributed by atoms with Gasteiger partial charge in [-0.3, -0.25) is 0 Å². The summed E-state index contributed by atoms with van der Waals surface area (Å²) >= 11 is 1.64. The van der Waals surface area contributed by atoms with Crippen molar-refractivity contribution < 1.29 is 5.11 Å². The first-order chi connectivity index (χ1) is 8.65. The van der Waals surface area contributed by atoms with Crippen LogP contribution in [-0.2, 0) is 0 Å². The van der Waals surface area contributed by atoms with Gasteiger partial charge in [0.05, 0.1) is 10.6 Å². The number of benzene rings is 1. The van der Waals surface area contributed by atoms with Crippen LogP contribution in [0.3, 0.4) is 0 Å². The van der Waals surface area contributed by atoms with Gasteiger partial charge in [-0.25, -0.2) is 4.98 Å². The summed E-state index contributed by atoms with van der Waals surface area (Å²) in [6, 6.07) is 7.38. The van der Waals surface area contributed by atoms with Crippen LogP contribution in [0.1, 0.15) is 17.8 Å². The molecule has 2 aromatic rings. The zero-order chi connectivity index (χ0) is 13.1. The van der Waals surface area contributed by atoms with E-state index in [0.717, 1.165) is 16.4 Å². The molecule has 0 bridgehead atoms. The number of phenolic OH excluding ortho intramolecular Hbond substituents is 1. The standard InChI is InChI=1S/C13H17N3OS/c1-8(14-2)12-11(16-13(15-3)18-12)9-4-6-10(17)7-5-9/h4-8,14,17H,1-3H3,(H,15,16). The monoisotopic (exact) mass is 263 g/mol. The molecule has 1 aromatic carbocycles. The predicted molar refractivity (Wildman–Crippen MR) is 76.2 cm³/mol. The first-order valence-corrected chi connectivity index (χ1v) is 6.62. The van der Waals surface area contributed by atoms with Crippen molar-refractivity contribution in [3.63, 3.8) is 0 Å². The minimum absolute atomic E-state index is 0.244. The van der Waals surface area contributed by atoms with E-state index in [1.165, 1.54) is 4.88 Å². The molecule has 0 aliphatic carbocycles. The number of nitrogens with one attached hydrogen (secondary N) is 2. The third-order valence-electron chi connectivity index (χ3n) is 2.83. The first-order valence-electron chi connectivity index (χ1n) is 5.81. The van der Waals surface area contributed by atoms with Gasteiger partial charge in [-0.2, -0.15) is 0 Å². The van der Waals surface area contributed by atoms with E-state index < -0.39 is 0 Å². The SMILES string of the molecule is CNc1nc(-c2ccc(O)cc2)c(C(C)NC)s1. The molecule has 0 amide bonds. The maximum absolute atomic E-state index is 9.34. The Morgan fingerprint density at radius 3 is 2.44 bits per heavy atom. The molecule has 0 spiro atoms. The van der Waals surface area contributed by atoms with Gasteiger partial charge in [0.25, 0.3) is 0 Å². The Kier molecular flexibility index (Phi) is 3.84. The molecule has 0 radical (unpaired) electrons. The second kappa shape index (κ2) is 5.37. The lowest BCUT2D eigenvalue weighted by molar-refractivity contribution is 0.475. The van der Waals surface area contributed by atoms with Gasteiger partial charge < -0.3 is 15.7 Å². The van der Waals surface area contributed by atoms with E-state index in [9.17, 15) is 5.11 Å². The summed E-state index contributed by atoms with van der Waals surface area (Å²) in [5.74, 6) is 0.269. The summed E-state index contributed by atoms with van der Waals surface area (Å²) in [6.45, 7) is 2.11. The van der Waals surface area contributed by atoms with Crippen molar-refractivity contribution in [2.45, 2.75) is 13.0 Å². The average molecular weight is 263 g/mol. The fourth-order valence-corrected chi connectivity index (χ4v) is 2.69. The summed E-state index contributed by atoms with van der Waals surface area (Å²) < 4.78 is 0. The normalized spacial score (nSPS) is 12.4. The lowest BCUT2D eigenvalue weighted by Gasteiger charge is -2.09. The van der Waals surface area contributed by atoms with E-state index in [4.69, 9.17) is 0 Å². The van der Waals surface area contributed by atoms with Crippen molar-refractivity contribution in [1.29, 1.82) is 0 Å². The third-order valence-corrected chi connectivity index (χ3v) is 4.09. The van der Waals surface area contributed by atoms with Crippen molar-refractivity contribution in [3.05, 3.63) is 29.1 Å². The van der Waals surface area contributed by atoms with Gasteiger partial charge in [0, 0.05) is 18.7 Å². The molecule has 1 aromatic heterocycles. The molecular formula is C13H17N3OS. The highest BCUT2D eigenvalue weighted by Gasteiger charge is 2.16. The number of nitrogens with zero attached hydrogens (tertiary/aromatic N) is 1. The van der Waals surface area contributed by atoms with Gasteiger partial charge in [0.2, 0.25) is 0 Å². The highest BCUT2D eigenvalue weighted by atomic mass is 32.1. The fourth-order valence-electron chi connectivity index (χ4n) is 1.69. The largest absolute Gasteiger partial charge is 0.508 e. The van der Waals surface area contributed by atoms with Crippen LogP contribution in [0.15, 0.2) is 24.3 Å². The van der Waals surface area contributed by atoms with Crippen LogP contribution in [0.4, 0.5) is 5.13 Å². The van der Waals surface area contributed by atoms with Gasteiger partial charge in [-0.05, 0) is 38.2 Å². The molecule has 0 saturated carbocycles. The molecule has 1 atom stereocenters. The number of hydrogen-bond donors (Lipinski definition) is 3. The van der Waals surface area contributed by atoms with Crippen LogP contribution in [0.2, 0.25) is 0 Å². The Morgan fingerprint density at radius 2 is 1.89 bits per heavy atom. The second-order valence-corrected chi connectivity index (χ2v) is 5.07. The molecule has 3 N–H and O–H groups in total. The summed E-state index contributed by atoms with van der Waals surface area (Å²) in [6.07, 6.45) is 0. The topological polar surface area (TPSA) is 57.2 Å². The Balaban J connectivity index is 2.48. The van der Waals surface area contributed by atoms with Crippen molar-refractivity contribution >= 4 is 16.5 Å². The van der Waals surface area contributed by atoms with Gasteiger partial charge in [0.1, 0.15) is 5.75 Å². The van der Waals surface area contributed by atoms with Crippen molar-refractivity contribution in [1.82, 2.24) is 10.3 Å². The smallest absolute Gasteiger partial charge is 0.183 e. The predicted octanol–water partition coefficient (Wildman–Crippen LogP) is 2.84. The Labute approximate surface area is 111 Å². The van der Waals surface area contributed by atoms with Crippen molar-refractivity contribution in [3.8, 4) is 17.0 Å². The number of rotatable bonds is 4. The summed E-state index contributed by atoms with van der Waals surface area (Å²) in [5.41, 5.74) is 1.98. The summed E-state index contributed by atoms with van der Waals surface area (Å²) in [4.78, 5) is 5.77. The van der Waals surface area contributed by atoms with Crippen molar-refractivity contribution in [2.24, 2.45) is 0 Å². The Morgan fingerprint density at radius 1 is 1.22 bits per heavy atom. The molecule has 4 nitrogen and oxygen atoms in total. The highest BCUT2D eigenvalue weighted by molar-refractivity contribution is 7.16. The van der Waals surface area contributed by atoms with E-state index in [-0.39, 0.29) is 11.8 Å². The zero-order valence-electron chi connectivity index (χ0n) is 10.7. The minimum Gasteiger partial charge on any atom is -0.508 e. The molecule has 18 heavy (non-hydrogen) atoms. The maximum Gasteiger partial charge on any atom is 0.183 e. The molecule has 2 rings (SSSR count). The van der Waals surface area contributed by atoms with Gasteiger partial charge >= 0.3 is 0 Å². The quantitative estimate of drug-likeness (QED) is 0.794. The van der Waals surface area contributed by atoms with E-state index >= 15 is 0 Å². The minimum atomic E-state index is 0.244. The molecule has 96 valence electrons. The van der Waals surface area contributed by atoms with E-state index in [0.29, 0.717) is 0 Å². The second-order valence-electron chi connectivity index (χ2n) is 4.04. The van der Waals surface area contributed by atoms with Gasteiger partial charge in [0.15, 0.2) is 5.13 Å². The lowest BCUT2D eigenvalue weighted by Crippen LogP contribution is -2.11. The number of phenols is 1. The van der Waals surface area contributed by atoms with E-state index in [1.54, 1.807) is 23.5 Å². The Bertz CT molecular complexity index is 522. The lowest BCUT2D eigenvalue weighted by atomic mass is 10.1. The van der Waals surface area contributed by atoms with E-state index in [1.807, 2.05) is 26.2 Å². The highest BCUT2D eigenvalue weighted by Crippen LogP contribution is 2.35. The molecule has 1 unspecified atom stereocenters. The molecule has 1 heterocycles. The van der Waals surface area contributed by atoms with E-state index in [2.05, 4.69) is 22.5 Å². The number of aromatic nitrogens is 1. The summed E-state index contributed by atoms with van der Waals surface area (Å²) in [7, 11) is 3.80. The van der Waals surface area contributed by atoms with Crippen molar-refractivity contribution in [2.75, 3.05) is 19.4 Å². The molecule has 0 saturated heterocycles. The number of aromatic hydroxyl groups is 1. The molecule has 0 fully saturated rings. The Hall–Kier alpha value is -1.59. The number of hydrogen-bond acceptors (Lipinski definition) is 5.